The van der Waals surface area contributed by atoms with Crippen molar-refractivity contribution in [1.82, 2.24) is 4.90 Å². The van der Waals surface area contributed by atoms with Crippen molar-refractivity contribution in [3.63, 3.8) is 0 Å². The van der Waals surface area contributed by atoms with Crippen LogP contribution in [0.5, 0.6) is 11.5 Å². The number of amides is 1. The fourth-order valence-corrected chi connectivity index (χ4v) is 3.47. The van der Waals surface area contributed by atoms with E-state index < -0.39 is 0 Å². The van der Waals surface area contributed by atoms with Crippen molar-refractivity contribution < 1.29 is 14.3 Å². The van der Waals surface area contributed by atoms with Crippen LogP contribution in [0.1, 0.15) is 39.7 Å². The fraction of sp³-hybridized carbons (Fsp3) is 0.474. The molecular formula is C19H26N2O3S. The van der Waals surface area contributed by atoms with E-state index in [1.807, 2.05) is 45.0 Å². The smallest absolute Gasteiger partial charge is 0.266 e. The first-order valence-corrected chi connectivity index (χ1v) is 9.46. The molecule has 1 aromatic carbocycles. The van der Waals surface area contributed by atoms with Gasteiger partial charge in [0.15, 0.2) is 16.7 Å². The number of benzene rings is 1. The first-order valence-electron chi connectivity index (χ1n) is 8.64. The molecule has 0 spiro atoms. The lowest BCUT2D eigenvalue weighted by molar-refractivity contribution is -0.122. The first-order chi connectivity index (χ1) is 12.0. The Hall–Kier alpha value is -1.95. The fourth-order valence-electron chi connectivity index (χ4n) is 2.36. The van der Waals surface area contributed by atoms with Gasteiger partial charge in [0, 0.05) is 13.1 Å². The molecule has 1 aromatic rings. The third-order valence-electron chi connectivity index (χ3n) is 3.89. The Labute approximate surface area is 154 Å². The van der Waals surface area contributed by atoms with E-state index in [9.17, 15) is 4.79 Å². The zero-order valence-corrected chi connectivity index (χ0v) is 16.4. The Balaban J connectivity index is 2.29. The topological polar surface area (TPSA) is 51.1 Å². The molecule has 1 fully saturated rings. The van der Waals surface area contributed by atoms with Gasteiger partial charge in [0.05, 0.1) is 18.1 Å². The monoisotopic (exact) mass is 362 g/mol. The lowest BCUT2D eigenvalue weighted by atomic mass is 10.1. The van der Waals surface area contributed by atoms with Gasteiger partial charge in [0.25, 0.3) is 5.91 Å². The Bertz CT molecular complexity index is 685. The number of carbonyl (C=O) groups excluding carboxylic acids is 1. The highest BCUT2D eigenvalue weighted by Crippen LogP contribution is 2.35. The lowest BCUT2D eigenvalue weighted by Gasteiger charge is -2.15. The van der Waals surface area contributed by atoms with Crippen LogP contribution >= 0.6 is 11.8 Å². The molecule has 1 aliphatic rings. The molecule has 6 heteroatoms. The van der Waals surface area contributed by atoms with Crippen LogP contribution < -0.4 is 9.47 Å². The van der Waals surface area contributed by atoms with Gasteiger partial charge < -0.3 is 9.47 Å². The first kappa shape index (κ1) is 19.4. The standard InChI is InChI=1S/C19H26N2O3S/c1-6-13(4)24-15-10-9-14(11-16(15)23-5)12-17-18(22)21(8-3)19(25-17)20-7-2/h9-13H,6-8H2,1-5H3/b17-12-,20-19?/t13-/m0/s1. The summed E-state index contributed by atoms with van der Waals surface area (Å²) < 4.78 is 11.3. The molecule has 0 N–H and O–H groups in total. The highest BCUT2D eigenvalue weighted by molar-refractivity contribution is 8.18. The summed E-state index contributed by atoms with van der Waals surface area (Å²) >= 11 is 1.42. The summed E-state index contributed by atoms with van der Waals surface area (Å²) in [6.45, 7) is 9.30. The molecule has 0 aromatic heterocycles. The molecule has 0 radical (unpaired) electrons. The summed E-state index contributed by atoms with van der Waals surface area (Å²) in [4.78, 5) is 19.3. The van der Waals surface area contributed by atoms with Gasteiger partial charge in [-0.15, -0.1) is 0 Å². The van der Waals surface area contributed by atoms with Gasteiger partial charge in [-0.25, -0.2) is 0 Å². The lowest BCUT2D eigenvalue weighted by Crippen LogP contribution is -2.28. The Morgan fingerprint density at radius 3 is 2.64 bits per heavy atom. The molecule has 1 aliphatic heterocycles. The minimum absolute atomic E-state index is 0.00130. The van der Waals surface area contributed by atoms with Gasteiger partial charge in [0.1, 0.15) is 0 Å². The third kappa shape index (κ3) is 4.57. The van der Waals surface area contributed by atoms with E-state index >= 15 is 0 Å². The molecule has 0 bridgehead atoms. The van der Waals surface area contributed by atoms with E-state index in [4.69, 9.17) is 9.47 Å². The maximum Gasteiger partial charge on any atom is 0.266 e. The van der Waals surface area contributed by atoms with Crippen LogP contribution in [0.4, 0.5) is 0 Å². The predicted octanol–water partition coefficient (Wildman–Crippen LogP) is 4.18. The number of thioether (sulfide) groups is 1. The quantitative estimate of drug-likeness (QED) is 0.683. The third-order valence-corrected chi connectivity index (χ3v) is 4.93. The molecule has 0 unspecified atom stereocenters. The van der Waals surface area contributed by atoms with Crippen LogP contribution in [0, 0.1) is 0 Å². The summed E-state index contributed by atoms with van der Waals surface area (Å²) in [6, 6.07) is 5.72. The Morgan fingerprint density at radius 1 is 1.28 bits per heavy atom. The number of amidine groups is 1. The number of hydrogen-bond donors (Lipinski definition) is 0. The summed E-state index contributed by atoms with van der Waals surface area (Å²) in [5.74, 6) is 1.38. The van der Waals surface area contributed by atoms with Gasteiger partial charge in [-0.1, -0.05) is 13.0 Å². The summed E-state index contributed by atoms with van der Waals surface area (Å²) in [7, 11) is 1.62. The molecular weight excluding hydrogens is 336 g/mol. The molecule has 1 atom stereocenters. The highest BCUT2D eigenvalue weighted by Gasteiger charge is 2.31. The SMILES string of the molecule is CCN=C1S/C(=C\c2ccc(O[C@@H](C)CC)c(OC)c2)C(=O)N1CC. The van der Waals surface area contributed by atoms with Gasteiger partial charge in [-0.3, -0.25) is 14.7 Å². The number of ether oxygens (including phenoxy) is 2. The minimum atomic E-state index is -0.00130. The van der Waals surface area contributed by atoms with Gasteiger partial charge in [0.2, 0.25) is 0 Å². The normalized spacial score (nSPS) is 18.9. The van der Waals surface area contributed by atoms with Gasteiger partial charge in [-0.2, -0.15) is 0 Å². The van der Waals surface area contributed by atoms with Crippen molar-refractivity contribution in [3.05, 3.63) is 28.7 Å². The molecule has 25 heavy (non-hydrogen) atoms. The van der Waals surface area contributed by atoms with Crippen molar-refractivity contribution in [3.8, 4) is 11.5 Å². The van der Waals surface area contributed by atoms with Crippen molar-refractivity contribution in [2.75, 3.05) is 20.2 Å². The molecule has 0 aliphatic carbocycles. The van der Waals surface area contributed by atoms with Crippen LogP contribution in [-0.4, -0.2) is 42.3 Å². The number of aliphatic imine (C=N–C) groups is 1. The average Bonchev–Trinajstić information content (AvgIpc) is 2.91. The molecule has 5 nitrogen and oxygen atoms in total. The van der Waals surface area contributed by atoms with E-state index in [1.165, 1.54) is 11.8 Å². The van der Waals surface area contributed by atoms with Crippen molar-refractivity contribution in [1.29, 1.82) is 0 Å². The second-order valence-electron chi connectivity index (χ2n) is 5.66. The molecule has 2 rings (SSSR count). The van der Waals surface area contributed by atoms with Crippen LogP contribution in [-0.2, 0) is 4.79 Å². The van der Waals surface area contributed by atoms with E-state index in [0.29, 0.717) is 29.5 Å². The van der Waals surface area contributed by atoms with Crippen molar-refractivity contribution in [2.24, 2.45) is 4.99 Å². The number of nitrogens with zero attached hydrogens (tertiary/aromatic N) is 2. The summed E-state index contributed by atoms with van der Waals surface area (Å²) in [5.41, 5.74) is 0.901. The maximum atomic E-state index is 12.5. The van der Waals surface area contributed by atoms with E-state index in [-0.39, 0.29) is 12.0 Å². The van der Waals surface area contributed by atoms with Gasteiger partial charge >= 0.3 is 0 Å². The second-order valence-corrected chi connectivity index (χ2v) is 6.67. The van der Waals surface area contributed by atoms with Crippen molar-refractivity contribution >= 4 is 28.9 Å². The number of carbonyl (C=O) groups is 1. The molecule has 1 amide bonds. The van der Waals surface area contributed by atoms with E-state index in [0.717, 1.165) is 17.2 Å². The zero-order valence-electron chi connectivity index (χ0n) is 15.5. The van der Waals surface area contributed by atoms with Crippen LogP contribution in [0.25, 0.3) is 6.08 Å². The molecule has 0 saturated carbocycles. The minimum Gasteiger partial charge on any atom is -0.493 e. The van der Waals surface area contributed by atoms with Crippen LogP contribution in [0.15, 0.2) is 28.1 Å². The highest BCUT2D eigenvalue weighted by atomic mass is 32.2. The average molecular weight is 362 g/mol. The maximum absolute atomic E-state index is 12.5. The summed E-state index contributed by atoms with van der Waals surface area (Å²) in [5, 5.41) is 0.768. The number of hydrogen-bond acceptors (Lipinski definition) is 5. The van der Waals surface area contributed by atoms with Crippen LogP contribution in [0.2, 0.25) is 0 Å². The molecule has 1 heterocycles. The van der Waals surface area contributed by atoms with Gasteiger partial charge in [-0.05, 0) is 62.7 Å². The summed E-state index contributed by atoms with van der Waals surface area (Å²) in [6.07, 6.45) is 2.92. The largest absolute Gasteiger partial charge is 0.493 e. The van der Waals surface area contributed by atoms with Crippen molar-refractivity contribution in [2.45, 2.75) is 40.2 Å². The number of likely N-dealkylation sites (N-methyl/N-ethyl adjacent to an activating group) is 1. The Morgan fingerprint density at radius 2 is 2.04 bits per heavy atom. The number of rotatable bonds is 7. The van der Waals surface area contributed by atoms with E-state index in [2.05, 4.69) is 11.9 Å². The second kappa shape index (κ2) is 8.94. The predicted molar refractivity (Wildman–Crippen MR) is 104 cm³/mol. The molecule has 1 saturated heterocycles. The molecule has 136 valence electrons. The number of methoxy groups -OCH3 is 1. The Kier molecular flexibility index (Phi) is 6.93. The van der Waals surface area contributed by atoms with Crippen LogP contribution in [0.3, 0.4) is 0 Å². The van der Waals surface area contributed by atoms with E-state index in [1.54, 1.807) is 12.0 Å². The zero-order chi connectivity index (χ0) is 18.4.